The summed E-state index contributed by atoms with van der Waals surface area (Å²) in [6.07, 6.45) is 0.938. The molecule has 0 unspecified atom stereocenters. The molecular formula is C9H19N3O3. The normalized spacial score (nSPS) is 10.3. The van der Waals surface area contributed by atoms with Crippen molar-refractivity contribution in [2.75, 3.05) is 19.7 Å². The van der Waals surface area contributed by atoms with Gasteiger partial charge in [0, 0.05) is 6.54 Å². The van der Waals surface area contributed by atoms with Crippen molar-refractivity contribution in [3.05, 3.63) is 0 Å². The number of primary amides is 1. The Labute approximate surface area is 89.5 Å². The Morgan fingerprint density at radius 1 is 1.40 bits per heavy atom. The van der Waals surface area contributed by atoms with Crippen molar-refractivity contribution in [1.29, 1.82) is 0 Å². The number of carbonyl (C=O) groups excluding carboxylic acids is 2. The molecule has 2 amide bonds. The summed E-state index contributed by atoms with van der Waals surface area (Å²) in [5.41, 5.74) is 7.16. The Hall–Kier alpha value is -1.14. The molecule has 6 heteroatoms. The van der Waals surface area contributed by atoms with Gasteiger partial charge in [-0.25, -0.2) is 0 Å². The van der Waals surface area contributed by atoms with E-state index < -0.39 is 5.91 Å². The zero-order valence-corrected chi connectivity index (χ0v) is 9.21. The second-order valence-corrected chi connectivity index (χ2v) is 3.61. The SMILES string of the molecule is CC(C)CCNC(=O)CNOCC(N)=O. The fourth-order valence-corrected chi connectivity index (χ4v) is 0.802. The van der Waals surface area contributed by atoms with Gasteiger partial charge in [-0.15, -0.1) is 0 Å². The van der Waals surface area contributed by atoms with Gasteiger partial charge in [-0.05, 0) is 12.3 Å². The second-order valence-electron chi connectivity index (χ2n) is 3.61. The van der Waals surface area contributed by atoms with E-state index in [1.165, 1.54) is 0 Å². The Kier molecular flexibility index (Phi) is 7.57. The van der Waals surface area contributed by atoms with Gasteiger partial charge in [0.2, 0.25) is 11.8 Å². The molecule has 0 aromatic carbocycles. The molecule has 0 radical (unpaired) electrons. The number of hydrogen-bond acceptors (Lipinski definition) is 4. The molecule has 0 aliphatic rings. The molecule has 0 rings (SSSR count). The molecule has 0 heterocycles. The van der Waals surface area contributed by atoms with E-state index in [1.54, 1.807) is 0 Å². The van der Waals surface area contributed by atoms with Crippen molar-refractivity contribution in [2.45, 2.75) is 20.3 Å². The van der Waals surface area contributed by atoms with E-state index >= 15 is 0 Å². The zero-order chi connectivity index (χ0) is 11.7. The van der Waals surface area contributed by atoms with Crippen molar-refractivity contribution in [3.63, 3.8) is 0 Å². The van der Waals surface area contributed by atoms with Crippen molar-refractivity contribution >= 4 is 11.8 Å². The van der Waals surface area contributed by atoms with Gasteiger partial charge in [-0.1, -0.05) is 13.8 Å². The monoisotopic (exact) mass is 217 g/mol. The summed E-state index contributed by atoms with van der Waals surface area (Å²) in [6, 6.07) is 0. The summed E-state index contributed by atoms with van der Waals surface area (Å²) < 4.78 is 0. The standard InChI is InChI=1S/C9H19N3O3/c1-7(2)3-4-11-9(14)5-12-15-6-8(10)13/h7,12H,3-6H2,1-2H3,(H2,10,13)(H,11,14). The molecule has 88 valence electrons. The van der Waals surface area contributed by atoms with Crippen molar-refractivity contribution in [2.24, 2.45) is 11.7 Å². The summed E-state index contributed by atoms with van der Waals surface area (Å²) in [7, 11) is 0. The average molecular weight is 217 g/mol. The highest BCUT2D eigenvalue weighted by molar-refractivity contribution is 5.78. The molecule has 0 saturated heterocycles. The molecule has 6 nitrogen and oxygen atoms in total. The van der Waals surface area contributed by atoms with Crippen LogP contribution in [-0.2, 0) is 14.4 Å². The summed E-state index contributed by atoms with van der Waals surface area (Å²) in [5, 5.41) is 2.70. The van der Waals surface area contributed by atoms with E-state index in [0.29, 0.717) is 12.5 Å². The van der Waals surface area contributed by atoms with Crippen LogP contribution in [-0.4, -0.2) is 31.5 Å². The molecule has 0 bridgehead atoms. The quantitative estimate of drug-likeness (QED) is 0.365. The van der Waals surface area contributed by atoms with Gasteiger partial charge in [-0.2, -0.15) is 5.48 Å². The lowest BCUT2D eigenvalue weighted by Gasteiger charge is -2.07. The summed E-state index contributed by atoms with van der Waals surface area (Å²) in [4.78, 5) is 26.0. The number of hydrogen-bond donors (Lipinski definition) is 3. The Balaban J connectivity index is 3.30. The van der Waals surface area contributed by atoms with Crippen molar-refractivity contribution in [3.8, 4) is 0 Å². The van der Waals surface area contributed by atoms with Crippen LogP contribution in [0.2, 0.25) is 0 Å². The third-order valence-corrected chi connectivity index (χ3v) is 1.59. The summed E-state index contributed by atoms with van der Waals surface area (Å²) in [5.74, 6) is -0.188. The molecule has 4 N–H and O–H groups in total. The molecular weight excluding hydrogens is 198 g/mol. The van der Waals surface area contributed by atoms with Gasteiger partial charge in [0.15, 0.2) is 0 Å². The molecule has 0 atom stereocenters. The molecule has 0 fully saturated rings. The van der Waals surface area contributed by atoms with E-state index in [4.69, 9.17) is 5.73 Å². The predicted molar refractivity (Wildman–Crippen MR) is 55.6 cm³/mol. The van der Waals surface area contributed by atoms with Crippen LogP contribution in [0.1, 0.15) is 20.3 Å². The lowest BCUT2D eigenvalue weighted by molar-refractivity contribution is -0.129. The van der Waals surface area contributed by atoms with Crippen molar-refractivity contribution < 1.29 is 14.4 Å². The first kappa shape index (κ1) is 13.9. The zero-order valence-electron chi connectivity index (χ0n) is 9.21. The van der Waals surface area contributed by atoms with Gasteiger partial charge in [0.1, 0.15) is 6.61 Å². The third-order valence-electron chi connectivity index (χ3n) is 1.59. The first-order valence-electron chi connectivity index (χ1n) is 4.92. The lowest BCUT2D eigenvalue weighted by Crippen LogP contribution is -2.36. The van der Waals surface area contributed by atoms with Crippen LogP contribution in [0.3, 0.4) is 0 Å². The van der Waals surface area contributed by atoms with Crippen molar-refractivity contribution in [1.82, 2.24) is 10.8 Å². The van der Waals surface area contributed by atoms with E-state index in [9.17, 15) is 9.59 Å². The number of nitrogens with one attached hydrogen (secondary N) is 2. The highest BCUT2D eigenvalue weighted by Gasteiger charge is 2.01. The fraction of sp³-hybridized carbons (Fsp3) is 0.778. The molecule has 15 heavy (non-hydrogen) atoms. The smallest absolute Gasteiger partial charge is 0.245 e. The molecule has 0 saturated carbocycles. The van der Waals surface area contributed by atoms with Crippen LogP contribution in [0, 0.1) is 5.92 Å². The minimum Gasteiger partial charge on any atom is -0.368 e. The number of rotatable bonds is 8. The topological polar surface area (TPSA) is 93.4 Å². The minimum absolute atomic E-state index is 0.0192. The molecule has 0 aromatic heterocycles. The Morgan fingerprint density at radius 2 is 2.07 bits per heavy atom. The number of carbonyl (C=O) groups is 2. The summed E-state index contributed by atoms with van der Waals surface area (Å²) in [6.45, 7) is 4.60. The molecule has 0 aliphatic carbocycles. The highest BCUT2D eigenvalue weighted by atomic mass is 16.6. The van der Waals surface area contributed by atoms with E-state index in [1.807, 2.05) is 0 Å². The van der Waals surface area contributed by atoms with Gasteiger partial charge >= 0.3 is 0 Å². The number of amides is 2. The molecule has 0 aliphatic heterocycles. The first-order valence-corrected chi connectivity index (χ1v) is 4.92. The van der Waals surface area contributed by atoms with Crippen LogP contribution in [0.25, 0.3) is 0 Å². The largest absolute Gasteiger partial charge is 0.368 e. The maximum Gasteiger partial charge on any atom is 0.245 e. The van der Waals surface area contributed by atoms with E-state index in [2.05, 4.69) is 29.5 Å². The van der Waals surface area contributed by atoms with Crippen LogP contribution in [0.4, 0.5) is 0 Å². The van der Waals surface area contributed by atoms with Gasteiger partial charge in [0.05, 0.1) is 6.54 Å². The predicted octanol–water partition coefficient (Wildman–Crippen LogP) is -0.845. The fourth-order valence-electron chi connectivity index (χ4n) is 0.802. The second kappa shape index (κ2) is 8.19. The Morgan fingerprint density at radius 3 is 2.60 bits per heavy atom. The number of hydroxylamine groups is 1. The third kappa shape index (κ3) is 10.8. The summed E-state index contributed by atoms with van der Waals surface area (Å²) >= 11 is 0. The van der Waals surface area contributed by atoms with E-state index in [-0.39, 0.29) is 19.1 Å². The van der Waals surface area contributed by atoms with Crippen LogP contribution in [0.15, 0.2) is 0 Å². The van der Waals surface area contributed by atoms with E-state index in [0.717, 1.165) is 6.42 Å². The van der Waals surface area contributed by atoms with Gasteiger partial charge < -0.3 is 11.1 Å². The molecule has 0 aromatic rings. The lowest BCUT2D eigenvalue weighted by atomic mass is 10.1. The maximum atomic E-state index is 11.1. The average Bonchev–Trinajstić information content (AvgIpc) is 2.11. The Bertz CT molecular complexity index is 207. The van der Waals surface area contributed by atoms with Crippen LogP contribution < -0.4 is 16.5 Å². The van der Waals surface area contributed by atoms with Gasteiger partial charge in [-0.3, -0.25) is 14.4 Å². The minimum atomic E-state index is -0.581. The van der Waals surface area contributed by atoms with Crippen LogP contribution in [0.5, 0.6) is 0 Å². The maximum absolute atomic E-state index is 11.1. The first-order chi connectivity index (χ1) is 7.02. The van der Waals surface area contributed by atoms with Gasteiger partial charge in [0.25, 0.3) is 0 Å². The van der Waals surface area contributed by atoms with Crippen LogP contribution >= 0.6 is 0 Å². The highest BCUT2D eigenvalue weighted by Crippen LogP contribution is 1.95. The number of nitrogens with two attached hydrogens (primary N) is 1. The molecule has 0 spiro atoms.